The molecular weight excluding hydrogens is 474 g/mol. The van der Waals surface area contributed by atoms with Gasteiger partial charge in [-0.15, -0.1) is 46.4 Å². The average molecular weight is 484 g/mol. The summed E-state index contributed by atoms with van der Waals surface area (Å²) in [7, 11) is 0. The second-order valence-electron chi connectivity index (χ2n) is 2.22. The van der Waals surface area contributed by atoms with Crippen LogP contribution in [0.1, 0.15) is 0 Å². The first kappa shape index (κ1) is 18.6. The summed E-state index contributed by atoms with van der Waals surface area (Å²) in [5.41, 5.74) is 0. The minimum Gasteiger partial charge on any atom is -0.126 e. The molecule has 0 bridgehead atoms. The van der Waals surface area contributed by atoms with Gasteiger partial charge in [0.25, 0.3) is 3.93 Å². The molecule has 8 heteroatoms. The molecule has 0 heterocycles. The Morgan fingerprint density at radius 1 is 0.929 bits per heavy atom. The van der Waals surface area contributed by atoms with E-state index in [1.807, 2.05) is 6.08 Å². The Bertz CT molecular complexity index is 156. The Hall–Kier alpha value is 2.22. The molecule has 0 radical (unpaired) electrons. The van der Waals surface area contributed by atoms with E-state index in [2.05, 4.69) is 59.0 Å². The summed E-state index contributed by atoms with van der Waals surface area (Å²) >= 11 is 26.6. The lowest BCUT2D eigenvalue weighted by molar-refractivity contribution is 1.73. The Balaban J connectivity index is 0. The van der Waals surface area contributed by atoms with Gasteiger partial charge in [-0.3, -0.25) is 0 Å². The minimum absolute atomic E-state index is 0.539. The molecule has 0 saturated heterocycles. The molecule has 0 aliphatic carbocycles. The van der Waals surface area contributed by atoms with Crippen molar-refractivity contribution >= 4 is 89.0 Å². The first-order chi connectivity index (χ1) is 6.12. The fraction of sp³-hybridized carbons (Fsp3) is 0.333. The number of rotatable bonds is 4. The van der Waals surface area contributed by atoms with E-state index in [4.69, 9.17) is 33.2 Å². The quantitative estimate of drug-likeness (QED) is 0.256. The van der Waals surface area contributed by atoms with Crippen molar-refractivity contribution in [3.63, 3.8) is 0 Å². The lowest BCUT2D eigenvalue weighted by atomic mass is 10.8. The highest BCUT2D eigenvalue weighted by molar-refractivity contribution is 9.72. The summed E-state index contributed by atoms with van der Waals surface area (Å²) < 4.78 is -1.34. The lowest BCUT2D eigenvalue weighted by Gasteiger charge is -2.01. The van der Waals surface area contributed by atoms with Crippen LogP contribution in [0.5, 0.6) is 0 Å². The van der Waals surface area contributed by atoms with Crippen LogP contribution in [0, 0.1) is 0 Å². The van der Waals surface area contributed by atoms with E-state index in [0.29, 0.717) is 6.04 Å². The van der Waals surface area contributed by atoms with Crippen LogP contribution in [0.25, 0.3) is 0 Å². The van der Waals surface area contributed by atoms with E-state index in [1.54, 1.807) is 6.08 Å². The van der Waals surface area contributed by atoms with Crippen LogP contribution in [0.4, 0.5) is 0 Å². The van der Waals surface area contributed by atoms with Crippen molar-refractivity contribution in [3.8, 4) is 0 Å². The van der Waals surface area contributed by atoms with Gasteiger partial charge in [0.1, 0.15) is 0 Å². The molecular formula is C6H10Br3Cl3Si2. The Kier molecular flexibility index (Phi) is 12.3. The van der Waals surface area contributed by atoms with Gasteiger partial charge < -0.3 is 0 Å². The standard InChI is InChI=1S/C3H5Br3Si.C3H5Cl3Si/c2*1-2-3-7(4,5)6/h2*2H,1,3H2. The van der Waals surface area contributed by atoms with E-state index in [9.17, 15) is 0 Å². The lowest BCUT2D eigenvalue weighted by Crippen LogP contribution is -2.05. The zero-order valence-corrected chi connectivity index (χ0v) is 16.3. The summed E-state index contributed by atoms with van der Waals surface area (Å²) in [6.07, 6.45) is 3.50. The third kappa shape index (κ3) is 23.8. The topological polar surface area (TPSA) is 0 Å². The summed E-state index contributed by atoms with van der Waals surface area (Å²) in [4.78, 5) is 0. The van der Waals surface area contributed by atoms with Crippen LogP contribution >= 0.6 is 79.1 Å². The number of allylic oxidation sites excluding steroid dienone is 2. The minimum atomic E-state index is -2.36. The molecule has 0 aromatic heterocycles. The van der Waals surface area contributed by atoms with E-state index < -0.39 is 9.93 Å². The maximum atomic E-state index is 5.43. The first-order valence-corrected chi connectivity index (χ1v) is 17.7. The molecule has 0 unspecified atom stereocenters. The molecule has 0 nitrogen and oxygen atoms in total. The number of hydrogen-bond acceptors (Lipinski definition) is 0. The highest BCUT2D eigenvalue weighted by Crippen LogP contribution is 2.31. The van der Waals surface area contributed by atoms with Gasteiger partial charge in [0, 0.05) is 6.04 Å². The van der Waals surface area contributed by atoms with Crippen molar-refractivity contribution in [1.82, 2.24) is 0 Å². The van der Waals surface area contributed by atoms with Crippen molar-refractivity contribution in [1.29, 1.82) is 0 Å². The SMILES string of the molecule is C=CC[Si](Br)(Br)Br.C=CC[Si](Cl)(Cl)Cl. The van der Waals surface area contributed by atoms with Crippen molar-refractivity contribution in [2.45, 2.75) is 12.1 Å². The van der Waals surface area contributed by atoms with Gasteiger partial charge in [0.15, 0.2) is 0 Å². The zero-order valence-electron chi connectivity index (χ0n) is 7.25. The normalized spacial score (nSPS) is 11.3. The molecule has 0 fully saturated rings. The predicted octanol–water partition coefficient (Wildman–Crippen LogP) is 6.12. The van der Waals surface area contributed by atoms with Crippen LogP contribution in [0.3, 0.4) is 0 Å². The van der Waals surface area contributed by atoms with Crippen molar-refractivity contribution in [3.05, 3.63) is 25.3 Å². The molecule has 14 heavy (non-hydrogen) atoms. The molecule has 0 spiro atoms. The van der Waals surface area contributed by atoms with Crippen LogP contribution in [0.2, 0.25) is 12.1 Å². The van der Waals surface area contributed by atoms with E-state index in [1.165, 1.54) is 0 Å². The van der Waals surface area contributed by atoms with Gasteiger partial charge in [-0.25, -0.2) is 0 Å². The molecule has 0 amide bonds. The predicted molar refractivity (Wildman–Crippen MR) is 85.9 cm³/mol. The number of hydrogen-bond donors (Lipinski definition) is 0. The summed E-state index contributed by atoms with van der Waals surface area (Å²) in [6, 6.07) is -0.826. The summed E-state index contributed by atoms with van der Waals surface area (Å²) in [5.74, 6) is 0. The van der Waals surface area contributed by atoms with E-state index >= 15 is 0 Å². The van der Waals surface area contributed by atoms with Gasteiger partial charge in [-0.2, -0.15) is 0 Å². The maximum absolute atomic E-state index is 5.43. The van der Waals surface area contributed by atoms with Crippen LogP contribution in [-0.2, 0) is 0 Å². The van der Waals surface area contributed by atoms with Gasteiger partial charge in [0.2, 0.25) is 0 Å². The van der Waals surface area contributed by atoms with Crippen molar-refractivity contribution in [2.24, 2.45) is 0 Å². The van der Waals surface area contributed by atoms with Gasteiger partial charge >= 0.3 is 6.00 Å². The second-order valence-corrected chi connectivity index (χ2v) is 34.8. The van der Waals surface area contributed by atoms with E-state index in [0.717, 1.165) is 6.04 Å². The molecule has 0 N–H and O–H groups in total. The van der Waals surface area contributed by atoms with Gasteiger partial charge in [-0.05, 0) is 6.04 Å². The van der Waals surface area contributed by atoms with Crippen LogP contribution in [0.15, 0.2) is 25.3 Å². The summed E-state index contributed by atoms with van der Waals surface area (Å²) in [6.45, 7) is 7.02. The molecule has 0 rings (SSSR count). The van der Waals surface area contributed by atoms with Gasteiger partial charge in [-0.1, -0.05) is 58.0 Å². The third-order valence-corrected chi connectivity index (χ3v) is 6.56. The summed E-state index contributed by atoms with van der Waals surface area (Å²) in [5, 5.41) is 0. The van der Waals surface area contributed by atoms with Crippen LogP contribution in [-0.4, -0.2) is 9.93 Å². The molecule has 0 aliphatic rings. The molecule has 0 saturated carbocycles. The number of halogens is 6. The Labute approximate surface area is 125 Å². The molecule has 0 aromatic rings. The highest BCUT2D eigenvalue weighted by Gasteiger charge is 2.21. The molecule has 84 valence electrons. The molecule has 0 atom stereocenters. The zero-order chi connectivity index (χ0) is 11.8. The smallest absolute Gasteiger partial charge is 0.126 e. The third-order valence-electron chi connectivity index (χ3n) is 0.752. The van der Waals surface area contributed by atoms with Crippen molar-refractivity contribution in [2.75, 3.05) is 0 Å². The van der Waals surface area contributed by atoms with E-state index in [-0.39, 0.29) is 0 Å². The monoisotopic (exact) mass is 480 g/mol. The van der Waals surface area contributed by atoms with Crippen molar-refractivity contribution < 1.29 is 0 Å². The second kappa shape index (κ2) is 9.27. The molecule has 0 aromatic carbocycles. The maximum Gasteiger partial charge on any atom is 0.344 e. The fourth-order valence-electron chi connectivity index (χ4n) is 0.327. The highest BCUT2D eigenvalue weighted by atomic mass is 80.0. The first-order valence-electron chi connectivity index (χ1n) is 3.47. The average Bonchev–Trinajstić information content (AvgIpc) is 1.81. The largest absolute Gasteiger partial charge is 0.344 e. The fourth-order valence-corrected chi connectivity index (χ4v) is 4.02. The Morgan fingerprint density at radius 3 is 1.29 bits per heavy atom. The molecule has 0 aliphatic heterocycles. The Morgan fingerprint density at radius 2 is 1.29 bits per heavy atom. The van der Waals surface area contributed by atoms with Crippen LogP contribution < -0.4 is 0 Å². The van der Waals surface area contributed by atoms with Gasteiger partial charge in [0.05, 0.1) is 0 Å².